The first-order valence-corrected chi connectivity index (χ1v) is 8.18. The molecule has 2 nitrogen and oxygen atoms in total. The third-order valence-corrected chi connectivity index (χ3v) is 4.29. The summed E-state index contributed by atoms with van der Waals surface area (Å²) in [6.45, 7) is 4.91. The second-order valence-corrected chi connectivity index (χ2v) is 5.97. The van der Waals surface area contributed by atoms with Gasteiger partial charge in [0.25, 0.3) is 0 Å². The molecule has 0 saturated carbocycles. The Morgan fingerprint density at radius 1 is 0.955 bits per heavy atom. The average molecular weight is 313 g/mol. The van der Waals surface area contributed by atoms with Crippen LogP contribution >= 0.6 is 11.6 Å². The summed E-state index contributed by atoms with van der Waals surface area (Å²) < 4.78 is 2.35. The monoisotopic (exact) mass is 312 g/mol. The number of aromatic nitrogens is 1. The molecule has 0 aliphatic heterocycles. The minimum atomic E-state index is 0.785. The van der Waals surface area contributed by atoms with Crippen LogP contribution in [0, 0.1) is 0 Å². The van der Waals surface area contributed by atoms with Gasteiger partial charge in [0.15, 0.2) is 0 Å². The van der Waals surface area contributed by atoms with Crippen molar-refractivity contribution in [2.24, 2.45) is 0 Å². The van der Waals surface area contributed by atoms with Gasteiger partial charge in [-0.2, -0.15) is 0 Å². The molecule has 0 unspecified atom stereocenters. The number of hydrogen-bond donors (Lipinski definition) is 1. The number of rotatable bonds is 6. The fourth-order valence-corrected chi connectivity index (χ4v) is 3.07. The summed E-state index contributed by atoms with van der Waals surface area (Å²) >= 11 is 6.20. The van der Waals surface area contributed by atoms with Gasteiger partial charge in [0, 0.05) is 41.8 Å². The number of halogens is 1. The number of nitrogens with one attached hydrogen (secondary N) is 1. The molecule has 0 spiro atoms. The molecule has 3 aromatic rings. The molecule has 2 aromatic carbocycles. The molecule has 0 bridgehead atoms. The van der Waals surface area contributed by atoms with Gasteiger partial charge in [-0.25, -0.2) is 0 Å². The van der Waals surface area contributed by atoms with Gasteiger partial charge < -0.3 is 9.88 Å². The van der Waals surface area contributed by atoms with Crippen molar-refractivity contribution in [2.75, 3.05) is 0 Å². The van der Waals surface area contributed by atoms with E-state index in [1.165, 1.54) is 16.5 Å². The van der Waals surface area contributed by atoms with E-state index >= 15 is 0 Å². The zero-order chi connectivity index (χ0) is 15.4. The Hall–Kier alpha value is -1.77. The molecule has 3 rings (SSSR count). The van der Waals surface area contributed by atoms with Crippen molar-refractivity contribution in [3.63, 3.8) is 0 Å². The predicted octanol–water partition coefficient (Wildman–Crippen LogP) is 4.99. The summed E-state index contributed by atoms with van der Waals surface area (Å²) in [6, 6.07) is 16.6. The number of nitrogens with zero attached hydrogens (tertiary/aromatic N) is 1. The van der Waals surface area contributed by atoms with E-state index in [-0.39, 0.29) is 0 Å². The second-order valence-electron chi connectivity index (χ2n) is 5.56. The van der Waals surface area contributed by atoms with Crippen LogP contribution in [0.2, 0.25) is 5.02 Å². The van der Waals surface area contributed by atoms with E-state index in [1.54, 1.807) is 0 Å². The van der Waals surface area contributed by atoms with E-state index in [2.05, 4.69) is 53.3 Å². The zero-order valence-corrected chi connectivity index (χ0v) is 13.6. The largest absolute Gasteiger partial charge is 0.347 e. The van der Waals surface area contributed by atoms with Gasteiger partial charge in [0.1, 0.15) is 0 Å². The fraction of sp³-hybridized carbons (Fsp3) is 0.263. The molecule has 114 valence electrons. The third-order valence-electron chi connectivity index (χ3n) is 3.92. The summed E-state index contributed by atoms with van der Waals surface area (Å²) in [6.07, 6.45) is 3.42. The Morgan fingerprint density at radius 3 is 2.50 bits per heavy atom. The van der Waals surface area contributed by atoms with Gasteiger partial charge >= 0.3 is 0 Å². The van der Waals surface area contributed by atoms with Crippen molar-refractivity contribution in [2.45, 2.75) is 33.0 Å². The molecule has 0 atom stereocenters. The summed E-state index contributed by atoms with van der Waals surface area (Å²) in [4.78, 5) is 0. The topological polar surface area (TPSA) is 17.0 Å². The van der Waals surface area contributed by atoms with E-state index in [4.69, 9.17) is 11.6 Å². The first-order chi connectivity index (χ1) is 10.8. The summed E-state index contributed by atoms with van der Waals surface area (Å²) in [7, 11) is 0. The van der Waals surface area contributed by atoms with Gasteiger partial charge in [0.05, 0.1) is 0 Å². The van der Waals surface area contributed by atoms with Gasteiger partial charge in [0.2, 0.25) is 0 Å². The molecule has 1 aromatic heterocycles. The second kappa shape index (κ2) is 6.99. The van der Waals surface area contributed by atoms with Crippen LogP contribution < -0.4 is 5.32 Å². The number of benzene rings is 2. The van der Waals surface area contributed by atoms with Crippen LogP contribution in [0.15, 0.2) is 54.7 Å². The first-order valence-electron chi connectivity index (χ1n) is 7.80. The van der Waals surface area contributed by atoms with Gasteiger partial charge in [-0.15, -0.1) is 0 Å². The molecule has 1 heterocycles. The normalized spacial score (nSPS) is 11.2. The molecule has 0 saturated heterocycles. The van der Waals surface area contributed by atoms with Crippen molar-refractivity contribution in [3.05, 3.63) is 70.9 Å². The molecule has 3 heteroatoms. The van der Waals surface area contributed by atoms with Crippen molar-refractivity contribution in [1.29, 1.82) is 0 Å². The highest BCUT2D eigenvalue weighted by atomic mass is 35.5. The van der Waals surface area contributed by atoms with E-state index < -0.39 is 0 Å². The van der Waals surface area contributed by atoms with Crippen molar-refractivity contribution >= 4 is 22.5 Å². The van der Waals surface area contributed by atoms with Crippen molar-refractivity contribution in [1.82, 2.24) is 9.88 Å². The van der Waals surface area contributed by atoms with E-state index in [1.807, 2.05) is 18.2 Å². The number of fused-ring (bicyclic) bond motifs is 1. The molecular weight excluding hydrogens is 292 g/mol. The quantitative estimate of drug-likeness (QED) is 0.678. The fourth-order valence-electron chi connectivity index (χ4n) is 2.86. The third kappa shape index (κ3) is 3.18. The maximum atomic E-state index is 6.20. The van der Waals surface area contributed by atoms with E-state index in [9.17, 15) is 0 Å². The molecule has 0 fully saturated rings. The van der Waals surface area contributed by atoms with E-state index in [0.717, 1.165) is 36.6 Å². The molecule has 1 N–H and O–H groups in total. The van der Waals surface area contributed by atoms with Crippen molar-refractivity contribution in [3.8, 4) is 0 Å². The lowest BCUT2D eigenvalue weighted by Gasteiger charge is -2.06. The Bertz CT molecular complexity index is 761. The Labute approximate surface area is 136 Å². The lowest BCUT2D eigenvalue weighted by molar-refractivity contribution is 0.677. The molecule has 22 heavy (non-hydrogen) atoms. The van der Waals surface area contributed by atoms with Gasteiger partial charge in [-0.05, 0) is 29.7 Å². The lowest BCUT2D eigenvalue weighted by atomic mass is 10.1. The molecule has 0 aliphatic carbocycles. The molecule has 0 aliphatic rings. The maximum absolute atomic E-state index is 6.20. The summed E-state index contributed by atoms with van der Waals surface area (Å²) in [5, 5.41) is 5.67. The number of hydrogen-bond acceptors (Lipinski definition) is 1. The number of para-hydroxylation sites is 1. The zero-order valence-electron chi connectivity index (χ0n) is 12.8. The summed E-state index contributed by atoms with van der Waals surface area (Å²) in [5.74, 6) is 0. The van der Waals surface area contributed by atoms with Gasteiger partial charge in [-0.1, -0.05) is 54.9 Å². The highest BCUT2D eigenvalue weighted by Gasteiger charge is 2.07. The first kappa shape index (κ1) is 15.1. The maximum Gasteiger partial charge on any atom is 0.0483 e. The lowest BCUT2D eigenvalue weighted by Crippen LogP contribution is -2.12. The standard InChI is InChI=1S/C19H21ClN2/c1-2-11-22-14-16(17-8-4-6-10-19(17)22)13-21-12-15-7-3-5-9-18(15)20/h3-10,14,21H,2,11-13H2,1H3. The van der Waals surface area contributed by atoms with Crippen LogP contribution in [0.4, 0.5) is 0 Å². The van der Waals surface area contributed by atoms with Gasteiger partial charge in [-0.3, -0.25) is 0 Å². The predicted molar refractivity (Wildman–Crippen MR) is 94.2 cm³/mol. The minimum Gasteiger partial charge on any atom is -0.347 e. The Kier molecular flexibility index (Phi) is 4.81. The van der Waals surface area contributed by atoms with Crippen LogP contribution in [0.3, 0.4) is 0 Å². The van der Waals surface area contributed by atoms with Crippen LogP contribution in [-0.2, 0) is 19.6 Å². The van der Waals surface area contributed by atoms with E-state index in [0.29, 0.717) is 0 Å². The number of aryl methyl sites for hydroxylation is 1. The van der Waals surface area contributed by atoms with Crippen LogP contribution in [0.25, 0.3) is 10.9 Å². The van der Waals surface area contributed by atoms with Crippen LogP contribution in [0.5, 0.6) is 0 Å². The molecular formula is C19H21ClN2. The highest BCUT2D eigenvalue weighted by molar-refractivity contribution is 6.31. The van der Waals surface area contributed by atoms with Crippen LogP contribution in [-0.4, -0.2) is 4.57 Å². The minimum absolute atomic E-state index is 0.785. The van der Waals surface area contributed by atoms with Crippen LogP contribution in [0.1, 0.15) is 24.5 Å². The Morgan fingerprint density at radius 2 is 1.68 bits per heavy atom. The SMILES string of the molecule is CCCn1cc(CNCc2ccccc2Cl)c2ccccc21. The van der Waals surface area contributed by atoms with Crippen molar-refractivity contribution < 1.29 is 0 Å². The molecule has 0 amide bonds. The smallest absolute Gasteiger partial charge is 0.0483 e. The summed E-state index contributed by atoms with van der Waals surface area (Å²) in [5.41, 5.74) is 3.80. The average Bonchev–Trinajstić information content (AvgIpc) is 2.88. The molecule has 0 radical (unpaired) electrons. The highest BCUT2D eigenvalue weighted by Crippen LogP contribution is 2.22. The Balaban J connectivity index is 1.75.